The average molecular weight is 260 g/mol. The maximum atomic E-state index is 3.46. The van der Waals surface area contributed by atoms with E-state index in [1.165, 1.54) is 36.8 Å². The van der Waals surface area contributed by atoms with Gasteiger partial charge in [0.2, 0.25) is 0 Å². The van der Waals surface area contributed by atoms with Crippen LogP contribution in [0.1, 0.15) is 42.0 Å². The maximum absolute atomic E-state index is 3.46. The fourth-order valence-corrected chi connectivity index (χ4v) is 3.56. The quantitative estimate of drug-likeness (QED) is 0.835. The third-order valence-electron chi connectivity index (χ3n) is 3.86. The lowest BCUT2D eigenvalue weighted by Gasteiger charge is -2.13. The molecule has 1 aliphatic carbocycles. The summed E-state index contributed by atoms with van der Waals surface area (Å²) < 4.78 is 2.35. The van der Waals surface area contributed by atoms with Gasteiger partial charge in [0, 0.05) is 25.0 Å². The molecule has 1 unspecified atom stereocenters. The standard InChI is InChI=1S/C15H20N2S/c1-16-15-5-3-2-4-13-9-17(10-14(13)15)8-12-6-7-18-11-12/h6-7,9-11,15-16H,2-5,8H2,1H3. The van der Waals surface area contributed by atoms with Crippen LogP contribution in [0.3, 0.4) is 0 Å². The first kappa shape index (κ1) is 12.0. The number of thiophene rings is 1. The first-order valence-corrected chi connectivity index (χ1v) is 7.68. The number of nitrogens with one attached hydrogen (secondary N) is 1. The van der Waals surface area contributed by atoms with Crippen molar-refractivity contribution in [3.05, 3.63) is 45.9 Å². The Morgan fingerprint density at radius 1 is 1.39 bits per heavy atom. The van der Waals surface area contributed by atoms with Crippen LogP contribution in [0.15, 0.2) is 29.2 Å². The zero-order valence-corrected chi connectivity index (χ0v) is 11.7. The van der Waals surface area contributed by atoms with E-state index in [-0.39, 0.29) is 0 Å². The molecule has 0 aromatic carbocycles. The van der Waals surface area contributed by atoms with Gasteiger partial charge in [-0.25, -0.2) is 0 Å². The molecule has 1 N–H and O–H groups in total. The number of hydrogen-bond acceptors (Lipinski definition) is 2. The molecule has 0 saturated heterocycles. The summed E-state index contributed by atoms with van der Waals surface area (Å²) in [5.74, 6) is 0. The summed E-state index contributed by atoms with van der Waals surface area (Å²) in [6.45, 7) is 1.01. The van der Waals surface area contributed by atoms with Crippen LogP contribution in [0.2, 0.25) is 0 Å². The van der Waals surface area contributed by atoms with Gasteiger partial charge in [-0.1, -0.05) is 6.42 Å². The highest BCUT2D eigenvalue weighted by molar-refractivity contribution is 7.07. The molecule has 2 aromatic heterocycles. The monoisotopic (exact) mass is 260 g/mol. The van der Waals surface area contributed by atoms with Gasteiger partial charge in [-0.05, 0) is 59.8 Å². The minimum absolute atomic E-state index is 0.547. The summed E-state index contributed by atoms with van der Waals surface area (Å²) in [5.41, 5.74) is 4.47. The van der Waals surface area contributed by atoms with E-state index in [1.807, 2.05) is 0 Å². The molecule has 0 amide bonds. The smallest absolute Gasteiger partial charge is 0.0478 e. The van der Waals surface area contributed by atoms with Crippen molar-refractivity contribution >= 4 is 11.3 Å². The van der Waals surface area contributed by atoms with Gasteiger partial charge in [-0.2, -0.15) is 11.3 Å². The minimum Gasteiger partial charge on any atom is -0.349 e. The van der Waals surface area contributed by atoms with Crippen molar-refractivity contribution in [3.8, 4) is 0 Å². The van der Waals surface area contributed by atoms with Gasteiger partial charge in [0.05, 0.1) is 0 Å². The molecule has 96 valence electrons. The van der Waals surface area contributed by atoms with Gasteiger partial charge in [-0.3, -0.25) is 0 Å². The van der Waals surface area contributed by atoms with Gasteiger partial charge in [0.25, 0.3) is 0 Å². The largest absolute Gasteiger partial charge is 0.349 e. The number of nitrogens with zero attached hydrogens (tertiary/aromatic N) is 1. The van der Waals surface area contributed by atoms with Crippen LogP contribution in [0.25, 0.3) is 0 Å². The predicted molar refractivity (Wildman–Crippen MR) is 77.2 cm³/mol. The van der Waals surface area contributed by atoms with Gasteiger partial charge < -0.3 is 9.88 Å². The van der Waals surface area contributed by atoms with Crippen LogP contribution in [-0.4, -0.2) is 11.6 Å². The highest BCUT2D eigenvalue weighted by Crippen LogP contribution is 2.29. The van der Waals surface area contributed by atoms with Crippen molar-refractivity contribution in [2.75, 3.05) is 7.05 Å². The van der Waals surface area contributed by atoms with Crippen LogP contribution in [0, 0.1) is 0 Å². The van der Waals surface area contributed by atoms with E-state index in [1.54, 1.807) is 16.9 Å². The number of rotatable bonds is 3. The predicted octanol–water partition coefficient (Wildman–Crippen LogP) is 3.58. The van der Waals surface area contributed by atoms with Crippen LogP contribution >= 0.6 is 11.3 Å². The van der Waals surface area contributed by atoms with Crippen molar-refractivity contribution in [2.24, 2.45) is 0 Å². The summed E-state index contributed by atoms with van der Waals surface area (Å²) in [6.07, 6.45) is 9.87. The number of aryl methyl sites for hydroxylation is 1. The van der Waals surface area contributed by atoms with Crippen molar-refractivity contribution in [1.82, 2.24) is 9.88 Å². The summed E-state index contributed by atoms with van der Waals surface area (Å²) in [6, 6.07) is 2.76. The Morgan fingerprint density at radius 3 is 3.11 bits per heavy atom. The van der Waals surface area contributed by atoms with Crippen molar-refractivity contribution < 1.29 is 0 Å². The Hall–Kier alpha value is -1.06. The highest BCUT2D eigenvalue weighted by Gasteiger charge is 2.19. The highest BCUT2D eigenvalue weighted by atomic mass is 32.1. The third kappa shape index (κ3) is 2.38. The van der Waals surface area contributed by atoms with Crippen LogP contribution < -0.4 is 5.32 Å². The Balaban J connectivity index is 1.86. The molecule has 1 atom stereocenters. The van der Waals surface area contributed by atoms with E-state index in [4.69, 9.17) is 0 Å². The summed E-state index contributed by atoms with van der Waals surface area (Å²) in [4.78, 5) is 0. The second-order valence-corrected chi connectivity index (χ2v) is 5.91. The van der Waals surface area contributed by atoms with Crippen LogP contribution in [-0.2, 0) is 13.0 Å². The molecule has 3 rings (SSSR count). The Morgan fingerprint density at radius 2 is 2.33 bits per heavy atom. The SMILES string of the molecule is CNC1CCCCc2cn(Cc3ccsc3)cc21. The second kappa shape index (κ2) is 5.29. The number of fused-ring (bicyclic) bond motifs is 1. The Labute approximate surface area is 113 Å². The zero-order valence-electron chi connectivity index (χ0n) is 10.9. The van der Waals surface area contributed by atoms with Gasteiger partial charge >= 0.3 is 0 Å². The molecule has 0 aliphatic heterocycles. The van der Waals surface area contributed by atoms with Crippen molar-refractivity contribution in [2.45, 2.75) is 38.3 Å². The molecule has 0 radical (unpaired) electrons. The third-order valence-corrected chi connectivity index (χ3v) is 4.59. The molecule has 1 aliphatic rings. The average Bonchev–Trinajstić information content (AvgIpc) is 2.97. The molecule has 0 fully saturated rings. The fourth-order valence-electron chi connectivity index (χ4n) is 2.90. The van der Waals surface area contributed by atoms with E-state index in [9.17, 15) is 0 Å². The van der Waals surface area contributed by atoms with Crippen LogP contribution in [0.5, 0.6) is 0 Å². The Bertz CT molecular complexity index is 499. The van der Waals surface area contributed by atoms with E-state index < -0.39 is 0 Å². The van der Waals surface area contributed by atoms with Gasteiger partial charge in [0.1, 0.15) is 0 Å². The normalized spacial score (nSPS) is 19.5. The second-order valence-electron chi connectivity index (χ2n) is 5.13. The van der Waals surface area contributed by atoms with Crippen LogP contribution in [0.4, 0.5) is 0 Å². The molecule has 0 spiro atoms. The molecule has 2 aromatic rings. The lowest BCUT2D eigenvalue weighted by Crippen LogP contribution is -2.15. The minimum atomic E-state index is 0.547. The Kier molecular flexibility index (Phi) is 3.52. The van der Waals surface area contributed by atoms with E-state index >= 15 is 0 Å². The summed E-state index contributed by atoms with van der Waals surface area (Å²) in [7, 11) is 2.08. The summed E-state index contributed by atoms with van der Waals surface area (Å²) >= 11 is 1.78. The zero-order chi connectivity index (χ0) is 12.4. The first-order valence-electron chi connectivity index (χ1n) is 6.73. The number of hydrogen-bond donors (Lipinski definition) is 1. The molecular weight excluding hydrogens is 240 g/mol. The molecular formula is C15H20N2S. The number of aromatic nitrogens is 1. The van der Waals surface area contributed by atoms with E-state index in [0.717, 1.165) is 6.54 Å². The topological polar surface area (TPSA) is 17.0 Å². The lowest BCUT2D eigenvalue weighted by molar-refractivity contribution is 0.531. The molecule has 2 nitrogen and oxygen atoms in total. The first-order chi connectivity index (χ1) is 8.86. The molecule has 2 heterocycles. The molecule has 18 heavy (non-hydrogen) atoms. The molecule has 0 bridgehead atoms. The fraction of sp³-hybridized carbons (Fsp3) is 0.467. The van der Waals surface area contributed by atoms with Gasteiger partial charge in [-0.15, -0.1) is 0 Å². The van der Waals surface area contributed by atoms with Gasteiger partial charge in [0.15, 0.2) is 0 Å². The van der Waals surface area contributed by atoms with E-state index in [0.29, 0.717) is 6.04 Å². The lowest BCUT2D eigenvalue weighted by atomic mass is 10.1. The summed E-state index contributed by atoms with van der Waals surface area (Å²) in [5, 5.41) is 7.85. The van der Waals surface area contributed by atoms with Crippen molar-refractivity contribution in [3.63, 3.8) is 0 Å². The van der Waals surface area contributed by atoms with Crippen molar-refractivity contribution in [1.29, 1.82) is 0 Å². The molecule has 0 saturated carbocycles. The molecule has 3 heteroatoms. The maximum Gasteiger partial charge on any atom is 0.0478 e. The van der Waals surface area contributed by atoms with E-state index in [2.05, 4.69) is 46.2 Å².